The molecule has 146 valence electrons. The number of rotatable bonds is 9. The van der Waals surface area contributed by atoms with E-state index in [1.54, 1.807) is 10.8 Å². The van der Waals surface area contributed by atoms with Crippen molar-refractivity contribution in [2.24, 2.45) is 0 Å². The molecular weight excluding hydrogens is 364 g/mol. The van der Waals surface area contributed by atoms with Crippen LogP contribution in [-0.4, -0.2) is 31.3 Å². The molecule has 8 heteroatoms. The Bertz CT molecular complexity index is 822. The minimum Gasteiger partial charge on any atom is -0.467 e. The Hall–Kier alpha value is -2.22. The van der Waals surface area contributed by atoms with Crippen LogP contribution in [0.25, 0.3) is 0 Å². The number of carbonyl (C=O) groups excluding carboxylic acids is 1. The van der Waals surface area contributed by atoms with Crippen LogP contribution in [0.5, 0.6) is 0 Å². The number of allylic oxidation sites excluding steroid dienone is 2. The van der Waals surface area contributed by atoms with Crippen molar-refractivity contribution < 1.29 is 9.21 Å². The summed E-state index contributed by atoms with van der Waals surface area (Å²) in [5.74, 6) is 0.996. The average Bonchev–Trinajstić information content (AvgIpc) is 3.33. The molecule has 0 radical (unpaired) electrons. The van der Waals surface area contributed by atoms with Crippen molar-refractivity contribution in [2.75, 3.05) is 5.75 Å². The van der Waals surface area contributed by atoms with Gasteiger partial charge in [0.15, 0.2) is 5.16 Å². The van der Waals surface area contributed by atoms with Gasteiger partial charge in [-0.3, -0.25) is 9.36 Å². The van der Waals surface area contributed by atoms with Gasteiger partial charge in [0.25, 0.3) is 0 Å². The zero-order valence-corrected chi connectivity index (χ0v) is 16.5. The summed E-state index contributed by atoms with van der Waals surface area (Å²) in [5.41, 5.74) is 0.842. The number of amides is 1. The maximum atomic E-state index is 13.0. The second-order valence-corrected chi connectivity index (χ2v) is 7.55. The maximum Gasteiger partial charge on any atom is 0.343 e. The molecule has 0 aliphatic heterocycles. The summed E-state index contributed by atoms with van der Waals surface area (Å²) in [6.07, 6.45) is 9.83. The molecule has 0 atom stereocenters. The van der Waals surface area contributed by atoms with E-state index < -0.39 is 0 Å². The molecule has 27 heavy (non-hydrogen) atoms. The number of aromatic amines is 1. The van der Waals surface area contributed by atoms with Gasteiger partial charge in [-0.2, -0.15) is 0 Å². The number of thioether (sulfide) groups is 1. The zero-order chi connectivity index (χ0) is 19.1. The molecule has 0 saturated carbocycles. The molecule has 0 unspecified atom stereocenters. The second kappa shape index (κ2) is 9.64. The van der Waals surface area contributed by atoms with Crippen LogP contribution in [0, 0.1) is 0 Å². The third-order valence-corrected chi connectivity index (χ3v) is 5.55. The van der Waals surface area contributed by atoms with Gasteiger partial charge < -0.3 is 9.32 Å². The van der Waals surface area contributed by atoms with Gasteiger partial charge in [0.05, 0.1) is 18.6 Å². The summed E-state index contributed by atoms with van der Waals surface area (Å²) >= 11 is 1.30. The van der Waals surface area contributed by atoms with Crippen LogP contribution in [0.15, 0.2) is 44.5 Å². The smallest absolute Gasteiger partial charge is 0.343 e. The van der Waals surface area contributed by atoms with Crippen molar-refractivity contribution in [1.82, 2.24) is 19.7 Å². The van der Waals surface area contributed by atoms with Crippen LogP contribution >= 0.6 is 11.8 Å². The lowest BCUT2D eigenvalue weighted by molar-refractivity contribution is -0.127. The Morgan fingerprint density at radius 1 is 1.44 bits per heavy atom. The highest BCUT2D eigenvalue weighted by molar-refractivity contribution is 7.99. The van der Waals surface area contributed by atoms with E-state index in [9.17, 15) is 9.59 Å². The Balaban J connectivity index is 1.69. The Kier molecular flexibility index (Phi) is 6.98. The van der Waals surface area contributed by atoms with E-state index >= 15 is 0 Å². The Morgan fingerprint density at radius 2 is 2.33 bits per heavy atom. The van der Waals surface area contributed by atoms with E-state index in [1.807, 2.05) is 17.0 Å². The summed E-state index contributed by atoms with van der Waals surface area (Å²) in [4.78, 5) is 26.7. The van der Waals surface area contributed by atoms with Crippen molar-refractivity contribution in [3.05, 3.63) is 46.4 Å². The number of aromatic nitrogens is 3. The van der Waals surface area contributed by atoms with Crippen molar-refractivity contribution in [3.8, 4) is 0 Å². The second-order valence-electron chi connectivity index (χ2n) is 6.61. The average molecular weight is 391 g/mol. The molecule has 2 aromatic heterocycles. The number of hydrogen-bond acceptors (Lipinski definition) is 5. The van der Waals surface area contributed by atoms with Crippen LogP contribution in [-0.2, 0) is 17.9 Å². The largest absolute Gasteiger partial charge is 0.467 e. The number of carbonyl (C=O) groups is 1. The Morgan fingerprint density at radius 3 is 3.04 bits per heavy atom. The summed E-state index contributed by atoms with van der Waals surface area (Å²) < 4.78 is 7.05. The van der Waals surface area contributed by atoms with Crippen LogP contribution in [0.3, 0.4) is 0 Å². The zero-order valence-electron chi connectivity index (χ0n) is 15.6. The van der Waals surface area contributed by atoms with Crippen LogP contribution in [0.2, 0.25) is 0 Å². The monoisotopic (exact) mass is 390 g/mol. The molecule has 0 fully saturated rings. The van der Waals surface area contributed by atoms with Crippen molar-refractivity contribution in [2.45, 2.75) is 63.7 Å². The molecule has 2 heterocycles. The normalized spacial score (nSPS) is 14.2. The first-order chi connectivity index (χ1) is 13.2. The molecule has 1 aliphatic carbocycles. The predicted octanol–water partition coefficient (Wildman–Crippen LogP) is 3.54. The molecule has 2 aromatic rings. The first-order valence-electron chi connectivity index (χ1n) is 9.49. The number of furan rings is 1. The lowest BCUT2D eigenvalue weighted by Gasteiger charge is -2.27. The minimum absolute atomic E-state index is 0.00189. The summed E-state index contributed by atoms with van der Waals surface area (Å²) in [5, 5.41) is 7.12. The highest BCUT2D eigenvalue weighted by Gasteiger charge is 2.22. The fraction of sp³-hybridized carbons (Fsp3) is 0.526. The van der Waals surface area contributed by atoms with Gasteiger partial charge in [0, 0.05) is 12.2 Å². The van der Waals surface area contributed by atoms with Gasteiger partial charge in [-0.15, -0.1) is 5.10 Å². The first kappa shape index (κ1) is 19.5. The molecule has 1 aliphatic rings. The number of hydrogen-bond donors (Lipinski definition) is 1. The highest BCUT2D eigenvalue weighted by atomic mass is 32.2. The number of unbranched alkanes of at least 4 members (excludes halogenated alkanes) is 1. The molecule has 0 spiro atoms. The van der Waals surface area contributed by atoms with Gasteiger partial charge in [0.2, 0.25) is 5.91 Å². The van der Waals surface area contributed by atoms with Crippen LogP contribution in [0.4, 0.5) is 0 Å². The van der Waals surface area contributed by atoms with Gasteiger partial charge in [0.1, 0.15) is 5.76 Å². The van der Waals surface area contributed by atoms with E-state index in [-0.39, 0.29) is 17.3 Å². The van der Waals surface area contributed by atoms with Crippen LogP contribution < -0.4 is 5.69 Å². The van der Waals surface area contributed by atoms with E-state index in [2.05, 4.69) is 23.2 Å². The first-order valence-corrected chi connectivity index (χ1v) is 10.5. The highest BCUT2D eigenvalue weighted by Crippen LogP contribution is 2.25. The maximum absolute atomic E-state index is 13.0. The fourth-order valence-electron chi connectivity index (χ4n) is 3.11. The number of nitrogens with one attached hydrogen (secondary N) is 1. The van der Waals surface area contributed by atoms with Gasteiger partial charge in [-0.1, -0.05) is 31.2 Å². The van der Waals surface area contributed by atoms with Gasteiger partial charge in [-0.25, -0.2) is 9.89 Å². The standard InChI is InChI=1S/C19H26N4O3S/c1-2-3-11-22-18(25)20-21-19(22)27-14-17(24)23(13-16-10-7-12-26-16)15-8-5-4-6-9-15/h7-8,10,12H,2-6,9,11,13-14H2,1H3,(H,20,25). The van der Waals surface area contributed by atoms with Gasteiger partial charge in [-0.05, 0) is 44.2 Å². The third-order valence-electron chi connectivity index (χ3n) is 4.59. The molecule has 0 aromatic carbocycles. The molecule has 0 bridgehead atoms. The lowest BCUT2D eigenvalue weighted by atomic mass is 10.0. The lowest BCUT2D eigenvalue weighted by Crippen LogP contribution is -2.32. The molecule has 1 amide bonds. The van der Waals surface area contributed by atoms with E-state index in [0.717, 1.165) is 50.0 Å². The summed E-state index contributed by atoms with van der Waals surface area (Å²) in [6.45, 7) is 3.12. The molecule has 0 saturated heterocycles. The molecule has 7 nitrogen and oxygen atoms in total. The Labute approximate surface area is 162 Å². The van der Waals surface area contributed by atoms with Crippen molar-refractivity contribution in [1.29, 1.82) is 0 Å². The predicted molar refractivity (Wildman–Crippen MR) is 104 cm³/mol. The molecular formula is C19H26N4O3S. The fourth-order valence-corrected chi connectivity index (χ4v) is 3.95. The number of nitrogens with zero attached hydrogens (tertiary/aromatic N) is 3. The van der Waals surface area contributed by atoms with E-state index in [4.69, 9.17) is 4.42 Å². The number of H-pyrrole nitrogens is 1. The quantitative estimate of drug-likeness (QED) is 0.662. The van der Waals surface area contributed by atoms with Crippen molar-refractivity contribution >= 4 is 17.7 Å². The van der Waals surface area contributed by atoms with E-state index in [1.165, 1.54) is 11.8 Å². The summed E-state index contributed by atoms with van der Waals surface area (Å²) in [7, 11) is 0. The molecule has 1 N–H and O–H groups in total. The van der Waals surface area contributed by atoms with Crippen LogP contribution in [0.1, 0.15) is 51.2 Å². The van der Waals surface area contributed by atoms with Crippen molar-refractivity contribution in [3.63, 3.8) is 0 Å². The topological polar surface area (TPSA) is 84.1 Å². The van der Waals surface area contributed by atoms with E-state index in [0.29, 0.717) is 18.2 Å². The molecule has 3 rings (SSSR count). The SMILES string of the molecule is CCCCn1c(SCC(=O)N(Cc2ccco2)C2=CCCCC2)n[nH]c1=O. The summed E-state index contributed by atoms with van der Waals surface area (Å²) in [6, 6.07) is 3.71. The third kappa shape index (κ3) is 5.15. The minimum atomic E-state index is -0.221. The van der Waals surface area contributed by atoms with Gasteiger partial charge >= 0.3 is 5.69 Å².